The molecule has 3 atom stereocenters. The largest absolute Gasteiger partial charge is 0.369 e. The van der Waals surface area contributed by atoms with E-state index >= 15 is 0 Å². The summed E-state index contributed by atoms with van der Waals surface area (Å²) in [4.78, 5) is 0. The van der Waals surface area contributed by atoms with Crippen molar-refractivity contribution < 1.29 is 14.2 Å². The highest BCUT2D eigenvalue weighted by molar-refractivity contribution is 8.17. The zero-order valence-electron chi connectivity index (χ0n) is 21.3. The van der Waals surface area contributed by atoms with Crippen LogP contribution in [0.15, 0.2) is 104 Å². The van der Waals surface area contributed by atoms with E-state index in [1.54, 1.807) is 0 Å². The van der Waals surface area contributed by atoms with Gasteiger partial charge in [0.25, 0.3) is 0 Å². The molecular formula is C31H38O3S2. The Morgan fingerprint density at radius 3 is 1.39 bits per heavy atom. The van der Waals surface area contributed by atoms with Crippen LogP contribution in [0.2, 0.25) is 0 Å². The van der Waals surface area contributed by atoms with Crippen molar-refractivity contribution in [3.8, 4) is 0 Å². The molecule has 0 amide bonds. The number of ether oxygens (including phenoxy) is 3. The van der Waals surface area contributed by atoms with E-state index < -0.39 is 0 Å². The number of benzene rings is 3. The maximum atomic E-state index is 6.69. The lowest BCUT2D eigenvalue weighted by atomic mass is 10.1. The van der Waals surface area contributed by atoms with Crippen LogP contribution in [0.3, 0.4) is 0 Å². The monoisotopic (exact) mass is 522 g/mol. The Balaban J connectivity index is 1.87. The summed E-state index contributed by atoms with van der Waals surface area (Å²) in [5, 5.41) is 0. The zero-order chi connectivity index (χ0) is 25.4. The highest BCUT2D eigenvalue weighted by atomic mass is 32.2. The molecule has 0 heterocycles. The van der Waals surface area contributed by atoms with Crippen molar-refractivity contribution >= 4 is 23.5 Å². The Hall–Kier alpha value is -2.02. The van der Waals surface area contributed by atoms with E-state index in [9.17, 15) is 0 Å². The van der Waals surface area contributed by atoms with Gasteiger partial charge in [0, 0.05) is 0 Å². The Bertz CT molecular complexity index is 963. The Labute approximate surface area is 225 Å². The third-order valence-corrected chi connectivity index (χ3v) is 8.34. The summed E-state index contributed by atoms with van der Waals surface area (Å²) in [6, 6.07) is 30.8. The first-order valence-electron chi connectivity index (χ1n) is 12.6. The van der Waals surface area contributed by atoms with Gasteiger partial charge in [0.2, 0.25) is 0 Å². The van der Waals surface area contributed by atoms with Crippen LogP contribution in [0.1, 0.15) is 30.5 Å². The molecule has 0 fully saturated rings. The number of hydrogen-bond donors (Lipinski definition) is 0. The van der Waals surface area contributed by atoms with Crippen LogP contribution in [0.5, 0.6) is 0 Å². The van der Waals surface area contributed by atoms with Gasteiger partial charge in [0.05, 0.1) is 24.4 Å². The fraction of sp³-hybridized carbons (Fsp3) is 0.355. The Kier molecular flexibility index (Phi) is 13.2. The molecule has 0 radical (unpaired) electrons. The van der Waals surface area contributed by atoms with Gasteiger partial charge in [0.15, 0.2) is 0 Å². The zero-order valence-corrected chi connectivity index (χ0v) is 23.0. The summed E-state index contributed by atoms with van der Waals surface area (Å²) in [5.74, 6) is 2.00. The molecule has 3 rings (SSSR count). The molecule has 3 aromatic carbocycles. The summed E-state index contributed by atoms with van der Waals surface area (Å²) in [5.41, 5.74) is 3.39. The van der Waals surface area contributed by atoms with Crippen molar-refractivity contribution in [3.05, 3.63) is 120 Å². The van der Waals surface area contributed by atoms with Gasteiger partial charge in [-0.3, -0.25) is 0 Å². The topological polar surface area (TPSA) is 27.7 Å². The summed E-state index contributed by atoms with van der Waals surface area (Å²) < 4.78 is 20.0. The third kappa shape index (κ3) is 9.45. The van der Waals surface area contributed by atoms with Gasteiger partial charge >= 0.3 is 0 Å². The van der Waals surface area contributed by atoms with Gasteiger partial charge < -0.3 is 14.2 Å². The van der Waals surface area contributed by atoms with Crippen LogP contribution in [-0.4, -0.2) is 34.4 Å². The smallest absolute Gasteiger partial charge is 0.116 e. The van der Waals surface area contributed by atoms with Gasteiger partial charge in [0.1, 0.15) is 18.3 Å². The molecular weight excluding hydrogens is 484 g/mol. The van der Waals surface area contributed by atoms with Crippen LogP contribution in [0.4, 0.5) is 0 Å². The van der Waals surface area contributed by atoms with E-state index in [0.29, 0.717) is 19.8 Å². The quantitative estimate of drug-likeness (QED) is 0.133. The molecule has 0 spiro atoms. The molecule has 192 valence electrons. The Morgan fingerprint density at radius 2 is 1.00 bits per heavy atom. The molecule has 0 aromatic heterocycles. The summed E-state index contributed by atoms with van der Waals surface area (Å²) in [7, 11) is 0. The van der Waals surface area contributed by atoms with E-state index in [0.717, 1.165) is 28.2 Å². The predicted molar refractivity (Wildman–Crippen MR) is 155 cm³/mol. The first-order chi connectivity index (χ1) is 17.7. The standard InChI is InChI=1S/C31H38O3S2/c1-4-28(32-22-25-16-10-7-11-17-25)29(33-23-26-18-12-8-13-19-26)30(31(35-5-2)36-6-3)34-24-27-20-14-9-15-21-27/h4,7-21,28-31H,1,5-6,22-24H2,2-3H3/t28-,29+,30-/m1/s1. The molecule has 0 saturated carbocycles. The van der Waals surface area contributed by atoms with E-state index in [4.69, 9.17) is 14.2 Å². The maximum absolute atomic E-state index is 6.69. The predicted octanol–water partition coefficient (Wildman–Crippen LogP) is 7.76. The van der Waals surface area contributed by atoms with Crippen LogP contribution in [-0.2, 0) is 34.0 Å². The lowest BCUT2D eigenvalue weighted by molar-refractivity contribution is -0.133. The molecule has 0 bridgehead atoms. The summed E-state index contributed by atoms with van der Waals surface area (Å²) >= 11 is 3.81. The fourth-order valence-electron chi connectivity index (χ4n) is 3.87. The van der Waals surface area contributed by atoms with Crippen molar-refractivity contribution in [1.29, 1.82) is 0 Å². The molecule has 5 heteroatoms. The first-order valence-corrected chi connectivity index (χ1v) is 14.7. The highest BCUT2D eigenvalue weighted by Gasteiger charge is 2.37. The van der Waals surface area contributed by atoms with Crippen LogP contribution >= 0.6 is 23.5 Å². The SMILES string of the molecule is C=C[C@@H](OCc1ccccc1)[C@H](OCc1ccccc1)[C@@H](OCc1ccccc1)C(SCC)SCC. The van der Waals surface area contributed by atoms with Gasteiger partial charge in [-0.15, -0.1) is 30.1 Å². The molecule has 3 aromatic rings. The summed E-state index contributed by atoms with van der Waals surface area (Å²) in [6.45, 7) is 10.0. The number of rotatable bonds is 17. The minimum absolute atomic E-state index is 0.192. The normalized spacial score (nSPS) is 13.9. The lowest BCUT2D eigenvalue weighted by Gasteiger charge is -2.36. The van der Waals surface area contributed by atoms with Gasteiger partial charge in [-0.2, -0.15) is 0 Å². The molecule has 0 aliphatic carbocycles. The maximum Gasteiger partial charge on any atom is 0.116 e. The van der Waals surface area contributed by atoms with Crippen molar-refractivity contribution in [2.75, 3.05) is 11.5 Å². The van der Waals surface area contributed by atoms with Gasteiger partial charge in [-0.25, -0.2) is 0 Å². The van der Waals surface area contributed by atoms with Crippen LogP contribution in [0, 0.1) is 0 Å². The molecule has 0 N–H and O–H groups in total. The van der Waals surface area contributed by atoms with Crippen molar-refractivity contribution in [2.24, 2.45) is 0 Å². The molecule has 3 nitrogen and oxygen atoms in total. The number of thioether (sulfide) groups is 2. The fourth-order valence-corrected chi connectivity index (χ4v) is 6.57. The van der Waals surface area contributed by atoms with Crippen LogP contribution < -0.4 is 0 Å². The minimum Gasteiger partial charge on any atom is -0.369 e. The first kappa shape index (κ1) is 28.5. The molecule has 0 saturated heterocycles. The average molecular weight is 523 g/mol. The molecule has 0 aliphatic heterocycles. The number of hydrogen-bond acceptors (Lipinski definition) is 5. The lowest BCUT2D eigenvalue weighted by Crippen LogP contribution is -2.46. The van der Waals surface area contributed by atoms with Crippen molar-refractivity contribution in [2.45, 2.75) is 56.6 Å². The highest BCUT2D eigenvalue weighted by Crippen LogP contribution is 2.34. The summed E-state index contributed by atoms with van der Waals surface area (Å²) in [6.07, 6.45) is 1.02. The van der Waals surface area contributed by atoms with Crippen LogP contribution in [0.25, 0.3) is 0 Å². The van der Waals surface area contributed by atoms with E-state index in [1.165, 1.54) is 0 Å². The van der Waals surface area contributed by atoms with E-state index in [2.05, 4.69) is 56.8 Å². The van der Waals surface area contributed by atoms with Crippen molar-refractivity contribution in [1.82, 2.24) is 0 Å². The molecule has 36 heavy (non-hydrogen) atoms. The molecule has 0 aliphatic rings. The molecule has 0 unspecified atom stereocenters. The average Bonchev–Trinajstić information content (AvgIpc) is 2.93. The van der Waals surface area contributed by atoms with Gasteiger partial charge in [-0.1, -0.05) is 111 Å². The van der Waals surface area contributed by atoms with Gasteiger partial charge in [-0.05, 0) is 28.2 Å². The second kappa shape index (κ2) is 16.7. The van der Waals surface area contributed by atoms with E-state index in [1.807, 2.05) is 84.2 Å². The van der Waals surface area contributed by atoms with Crippen molar-refractivity contribution in [3.63, 3.8) is 0 Å². The second-order valence-electron chi connectivity index (χ2n) is 8.30. The third-order valence-electron chi connectivity index (χ3n) is 5.67. The Morgan fingerprint density at radius 1 is 0.611 bits per heavy atom. The van der Waals surface area contributed by atoms with E-state index in [-0.39, 0.29) is 22.9 Å². The second-order valence-corrected chi connectivity index (χ2v) is 11.4. The minimum atomic E-state index is -0.327.